The van der Waals surface area contributed by atoms with E-state index in [1.807, 2.05) is 77.0 Å². The van der Waals surface area contributed by atoms with Crippen molar-refractivity contribution in [1.29, 1.82) is 0 Å². The van der Waals surface area contributed by atoms with Gasteiger partial charge in [0.2, 0.25) is 11.8 Å². The molecule has 2 amide bonds. The van der Waals surface area contributed by atoms with E-state index < -0.39 is 78.1 Å². The number of nitrogens with zero attached hydrogens (tertiary/aromatic N) is 3. The third kappa shape index (κ3) is 9.61. The van der Waals surface area contributed by atoms with Gasteiger partial charge >= 0.3 is 0 Å². The summed E-state index contributed by atoms with van der Waals surface area (Å²) < 4.78 is 39.0. The molecule has 6 rings (SSSR count). The highest BCUT2D eigenvalue weighted by atomic mass is 16.7. The number of benzene rings is 1. The van der Waals surface area contributed by atoms with Crippen molar-refractivity contribution in [2.24, 2.45) is 22.7 Å². The first kappa shape index (κ1) is 45.2. The minimum atomic E-state index is -1.52. The Morgan fingerprint density at radius 3 is 2.44 bits per heavy atom. The lowest BCUT2D eigenvalue weighted by Crippen LogP contribution is -2.60. The predicted octanol–water partition coefficient (Wildman–Crippen LogP) is 3.99. The summed E-state index contributed by atoms with van der Waals surface area (Å²) in [6.07, 6.45) is -2.75. The van der Waals surface area contributed by atoms with E-state index in [9.17, 15) is 19.8 Å². The number of aliphatic hydroxyl groups is 2. The summed E-state index contributed by atoms with van der Waals surface area (Å²) in [6.45, 7) is 17.3. The van der Waals surface area contributed by atoms with Gasteiger partial charge in [-0.3, -0.25) is 9.59 Å². The molecule has 0 unspecified atom stereocenters. The molecule has 0 radical (unpaired) electrons. The van der Waals surface area contributed by atoms with Gasteiger partial charge in [-0.2, -0.15) is 0 Å². The molecule has 1 aromatic heterocycles. The smallest absolute Gasteiger partial charge is 0.288 e. The standard InChI is InChI=1S/C44H69N5O10/c1-23(2)46-42-49(11)33-17-25(4)55-41(36(33)58-42)59-38-26(5)35(57-34-20-44(9,54-12)37(50)28(7)56-34)27(6)39(51)47-32(18-29-21-45-31-16-14-13-15-30(29)31)40(52)48(10)22-24(3)19-43(38,8)53/h13-16,21,23-28,32-38,41,45,50,53H,17-20,22H2,1-12H3,(H,47,51)/b46-42+/t24-,25-,26+,27-,28+,32+,33+,34+,35+,36-,37+,38-,41+,43-,44-/m1/s1. The number of amides is 2. The molecule has 15 heteroatoms. The molecule has 0 spiro atoms. The molecule has 15 nitrogen and oxygen atoms in total. The Morgan fingerprint density at radius 2 is 1.75 bits per heavy atom. The minimum absolute atomic E-state index is 0.00580. The van der Waals surface area contributed by atoms with Gasteiger partial charge in [0.05, 0.1) is 47.6 Å². The maximum Gasteiger partial charge on any atom is 0.288 e. The molecule has 4 N–H and O–H groups in total. The molecule has 0 bridgehead atoms. The van der Waals surface area contributed by atoms with Gasteiger partial charge in [-0.25, -0.2) is 4.99 Å². The summed E-state index contributed by atoms with van der Waals surface area (Å²) in [7, 11) is 5.24. The van der Waals surface area contributed by atoms with Crippen LogP contribution >= 0.6 is 0 Å². The lowest BCUT2D eigenvalue weighted by molar-refractivity contribution is -0.313. The van der Waals surface area contributed by atoms with Crippen LogP contribution in [-0.4, -0.2) is 149 Å². The van der Waals surface area contributed by atoms with Gasteiger partial charge in [0.1, 0.15) is 12.1 Å². The van der Waals surface area contributed by atoms with Crippen LogP contribution in [-0.2, 0) is 44.4 Å². The largest absolute Gasteiger partial charge is 0.454 e. The van der Waals surface area contributed by atoms with Gasteiger partial charge in [0, 0.05) is 69.7 Å². The maximum atomic E-state index is 14.7. The number of ether oxygens (including phenoxy) is 6. The van der Waals surface area contributed by atoms with Gasteiger partial charge < -0.3 is 58.7 Å². The lowest BCUT2D eigenvalue weighted by atomic mass is 9.77. The Labute approximate surface area is 349 Å². The predicted molar refractivity (Wildman–Crippen MR) is 222 cm³/mol. The van der Waals surface area contributed by atoms with E-state index in [1.165, 1.54) is 7.11 Å². The lowest BCUT2D eigenvalue weighted by Gasteiger charge is -2.48. The normalized spacial score (nSPS) is 41.0. The summed E-state index contributed by atoms with van der Waals surface area (Å²) in [5, 5.41) is 27.9. The van der Waals surface area contributed by atoms with E-state index in [-0.39, 0.29) is 49.3 Å². The number of fused-ring (bicyclic) bond motifs is 2. The highest BCUT2D eigenvalue weighted by molar-refractivity contribution is 5.90. The van der Waals surface area contributed by atoms with Gasteiger partial charge in [-0.1, -0.05) is 39.0 Å². The van der Waals surface area contributed by atoms with Crippen molar-refractivity contribution in [3.05, 3.63) is 36.0 Å². The van der Waals surface area contributed by atoms with Crippen molar-refractivity contribution < 1.29 is 48.2 Å². The van der Waals surface area contributed by atoms with Crippen LogP contribution in [0.25, 0.3) is 10.9 Å². The summed E-state index contributed by atoms with van der Waals surface area (Å²) in [5.41, 5.74) is -0.679. The number of amidine groups is 1. The first-order valence-electron chi connectivity index (χ1n) is 21.4. The average Bonchev–Trinajstić information content (AvgIpc) is 3.72. The number of carbonyl (C=O) groups is 2. The van der Waals surface area contributed by atoms with Crippen LogP contribution in [0.3, 0.4) is 0 Å². The van der Waals surface area contributed by atoms with E-state index in [0.717, 1.165) is 16.5 Å². The Balaban J connectivity index is 1.39. The monoisotopic (exact) mass is 828 g/mol. The van der Waals surface area contributed by atoms with Crippen molar-refractivity contribution >= 4 is 28.7 Å². The molecule has 15 atom stereocenters. The number of aliphatic imine (C=N–C) groups is 1. The number of rotatable bonds is 8. The molecule has 2 aromatic rings. The number of carbonyl (C=O) groups excluding carboxylic acids is 2. The van der Waals surface area contributed by atoms with Crippen LogP contribution in [0, 0.1) is 17.8 Å². The van der Waals surface area contributed by atoms with Crippen molar-refractivity contribution in [3.63, 3.8) is 0 Å². The molecular formula is C44H69N5O10. The van der Waals surface area contributed by atoms with Gasteiger partial charge in [-0.15, -0.1) is 0 Å². The maximum absolute atomic E-state index is 14.7. The van der Waals surface area contributed by atoms with Crippen molar-refractivity contribution in [3.8, 4) is 0 Å². The van der Waals surface area contributed by atoms with E-state index in [2.05, 4.69) is 10.3 Å². The van der Waals surface area contributed by atoms with Crippen LogP contribution in [0.4, 0.5) is 0 Å². The molecule has 1 aromatic carbocycles. The molecule has 5 heterocycles. The number of hydrogen-bond acceptors (Lipinski definition) is 11. The van der Waals surface area contributed by atoms with Crippen LogP contribution in [0.1, 0.15) is 87.1 Å². The molecule has 4 saturated heterocycles. The topological polar surface area (TPSA) is 177 Å². The first-order valence-corrected chi connectivity index (χ1v) is 21.4. The van der Waals surface area contributed by atoms with Crippen LogP contribution in [0.5, 0.6) is 0 Å². The number of methoxy groups -OCH3 is 1. The number of H-pyrrole nitrogens is 1. The van der Waals surface area contributed by atoms with Crippen LogP contribution in [0.2, 0.25) is 0 Å². The number of hydrogen-bond donors (Lipinski definition) is 4. The number of aromatic nitrogens is 1. The van der Waals surface area contributed by atoms with Crippen molar-refractivity contribution in [2.75, 3.05) is 27.7 Å². The zero-order valence-electron chi connectivity index (χ0n) is 37.0. The van der Waals surface area contributed by atoms with Gasteiger partial charge in [-0.05, 0) is 71.9 Å². The Bertz CT molecular complexity index is 1800. The zero-order valence-corrected chi connectivity index (χ0v) is 37.0. The summed E-state index contributed by atoms with van der Waals surface area (Å²) >= 11 is 0. The zero-order chi connectivity index (χ0) is 43.1. The summed E-state index contributed by atoms with van der Waals surface area (Å²) in [5.74, 6) is -2.39. The first-order chi connectivity index (χ1) is 27.7. The third-order valence-electron chi connectivity index (χ3n) is 13.0. The minimum Gasteiger partial charge on any atom is -0.454 e. The number of aliphatic hydroxyl groups excluding tert-OH is 1. The van der Waals surface area contributed by atoms with Gasteiger partial charge in [0.25, 0.3) is 6.02 Å². The molecular weight excluding hydrogens is 759 g/mol. The summed E-state index contributed by atoms with van der Waals surface area (Å²) in [4.78, 5) is 40.8. The molecule has 4 fully saturated rings. The molecule has 59 heavy (non-hydrogen) atoms. The van der Waals surface area contributed by atoms with Gasteiger partial charge in [0.15, 0.2) is 18.7 Å². The summed E-state index contributed by atoms with van der Waals surface area (Å²) in [6, 6.07) is 7.41. The second-order valence-electron chi connectivity index (χ2n) is 18.6. The van der Waals surface area contributed by atoms with Crippen LogP contribution in [0.15, 0.2) is 35.5 Å². The number of para-hydroxylation sites is 1. The van der Waals surface area contributed by atoms with E-state index in [0.29, 0.717) is 19.0 Å². The fourth-order valence-corrected chi connectivity index (χ4v) is 9.83. The highest BCUT2D eigenvalue weighted by Gasteiger charge is 2.54. The Kier molecular flexibility index (Phi) is 13.8. The number of aromatic amines is 1. The molecule has 330 valence electrons. The average molecular weight is 828 g/mol. The Hall–Kier alpha value is -3.31. The highest BCUT2D eigenvalue weighted by Crippen LogP contribution is 2.41. The SMILES string of the molecule is CO[C@]1(C)C[C@H](O[C@H]2[C@H](C)[C@@H](O[C@@H]3O[C@H](C)C[C@H]4[C@H]3O/C(=N/C(C)C)N4C)[C@](C)(O)C[C@@H](C)CN(C)C(=O)[C@H](Cc3c[nH]c4ccccc34)NC(=O)[C@@H]2C)O[C@@H](C)[C@@H]1O. The Morgan fingerprint density at radius 1 is 1.03 bits per heavy atom. The van der Waals surface area contributed by atoms with E-state index in [1.54, 1.807) is 39.6 Å². The van der Waals surface area contributed by atoms with Crippen molar-refractivity contribution in [2.45, 2.75) is 167 Å². The molecule has 4 aliphatic rings. The van der Waals surface area contributed by atoms with Crippen molar-refractivity contribution in [1.82, 2.24) is 20.1 Å². The second kappa shape index (κ2) is 18.0. The molecule has 0 saturated carbocycles. The van der Waals surface area contributed by atoms with E-state index in [4.69, 9.17) is 33.4 Å². The number of likely N-dealkylation sites (N-methyl/N-ethyl adjacent to an activating group) is 2. The molecule has 0 aliphatic carbocycles. The van der Waals surface area contributed by atoms with E-state index >= 15 is 0 Å². The fourth-order valence-electron chi connectivity index (χ4n) is 9.83. The third-order valence-corrected chi connectivity index (χ3v) is 13.0. The fraction of sp³-hybridized carbons (Fsp3) is 0.750. The number of nitrogens with one attached hydrogen (secondary N) is 2. The van der Waals surface area contributed by atoms with Crippen LogP contribution < -0.4 is 5.32 Å². The molecule has 4 aliphatic heterocycles. The second-order valence-corrected chi connectivity index (χ2v) is 18.6. The quantitative estimate of drug-likeness (QED) is 0.303.